The van der Waals surface area contributed by atoms with Gasteiger partial charge in [0.2, 0.25) is 0 Å². The first-order chi connectivity index (χ1) is 3.93. The minimum Gasteiger partial charge on any atom is -0.417 e. The van der Waals surface area contributed by atoms with Crippen molar-refractivity contribution in [2.45, 2.75) is 0 Å². The Bertz CT molecular complexity index is 178. The Morgan fingerprint density at radius 1 is 1.44 bits per heavy atom. The van der Waals surface area contributed by atoms with Crippen molar-refractivity contribution in [1.29, 1.82) is 0 Å². The summed E-state index contributed by atoms with van der Waals surface area (Å²) in [5, 5.41) is 0. The molecule has 0 fully saturated rings. The number of carbonyl (C=O) groups excluding carboxylic acids is 1. The molecule has 40 valence electrons. The van der Waals surface area contributed by atoms with E-state index in [0.717, 1.165) is 0 Å². The predicted molar refractivity (Wildman–Crippen MR) is 26.8 cm³/mol. The molecule has 0 aliphatic rings. The van der Waals surface area contributed by atoms with E-state index in [0.29, 0.717) is 0 Å². The average Bonchev–Trinajstić information content (AvgIpc) is 1.90. The van der Waals surface area contributed by atoms with Crippen molar-refractivity contribution in [3.8, 4) is 0 Å². The summed E-state index contributed by atoms with van der Waals surface area (Å²) in [6, 6.07) is 0. The summed E-state index contributed by atoms with van der Waals surface area (Å²) < 4.78 is 0. The van der Waals surface area contributed by atoms with Gasteiger partial charge in [-0.3, -0.25) is 4.98 Å². The molecule has 1 aromatic heterocycles. The van der Waals surface area contributed by atoms with E-state index >= 15 is 0 Å². The zero-order valence-corrected chi connectivity index (χ0v) is 7.03. The van der Waals surface area contributed by atoms with Gasteiger partial charge in [-0.2, -0.15) is 0 Å². The maximum Gasteiger partial charge on any atom is 1.00 e. The summed E-state index contributed by atoms with van der Waals surface area (Å²) in [5.41, 5.74) is 0.243. The standard InChI is InChI=1S/C5H3N2O.Na/c8-4-5-3-6-1-2-7-5;/h1-3H;/q-1;+1. The molecule has 1 aromatic rings. The third-order valence-electron chi connectivity index (χ3n) is 0.668. The summed E-state index contributed by atoms with van der Waals surface area (Å²) in [7, 11) is 0. The third-order valence-corrected chi connectivity index (χ3v) is 0.668. The number of nitrogens with zero attached hydrogens (tertiary/aromatic N) is 2. The minimum absolute atomic E-state index is 0. The molecular weight excluding hydrogens is 127 g/mol. The Labute approximate surface area is 74.8 Å². The van der Waals surface area contributed by atoms with Gasteiger partial charge in [-0.05, 0) is 5.69 Å². The van der Waals surface area contributed by atoms with Crippen LogP contribution in [0.25, 0.3) is 0 Å². The normalized spacial score (nSPS) is 7.56. The van der Waals surface area contributed by atoms with Gasteiger partial charge in [-0.15, -0.1) is 0 Å². The Balaban J connectivity index is 0.000000640. The molecule has 0 aliphatic heterocycles. The molecule has 1 heterocycles. The molecule has 0 radical (unpaired) electrons. The summed E-state index contributed by atoms with van der Waals surface area (Å²) in [6.45, 7) is 0. The Morgan fingerprint density at radius 2 is 2.22 bits per heavy atom. The maximum absolute atomic E-state index is 9.78. The van der Waals surface area contributed by atoms with Gasteiger partial charge >= 0.3 is 29.6 Å². The number of rotatable bonds is 1. The van der Waals surface area contributed by atoms with Crippen molar-refractivity contribution in [1.82, 2.24) is 9.97 Å². The maximum atomic E-state index is 9.78. The van der Waals surface area contributed by atoms with Crippen molar-refractivity contribution < 1.29 is 34.4 Å². The second-order valence-electron chi connectivity index (χ2n) is 1.19. The van der Waals surface area contributed by atoms with Crippen molar-refractivity contribution in [2.75, 3.05) is 0 Å². The van der Waals surface area contributed by atoms with E-state index in [-0.39, 0.29) is 35.3 Å². The van der Waals surface area contributed by atoms with E-state index in [1.54, 1.807) is 6.29 Å². The Morgan fingerprint density at radius 3 is 2.56 bits per heavy atom. The Kier molecular flexibility index (Phi) is 4.48. The second kappa shape index (κ2) is 4.61. The van der Waals surface area contributed by atoms with Crippen LogP contribution in [0.2, 0.25) is 0 Å². The quantitative estimate of drug-likeness (QED) is 0.299. The molecule has 0 amide bonds. The van der Waals surface area contributed by atoms with Crippen molar-refractivity contribution in [2.24, 2.45) is 0 Å². The molecule has 1 rings (SSSR count). The predicted octanol–water partition coefficient (Wildman–Crippen LogP) is -3.06. The number of aromatic nitrogens is 2. The molecule has 0 spiro atoms. The topological polar surface area (TPSA) is 42.9 Å². The zero-order valence-electron chi connectivity index (χ0n) is 5.03. The molecule has 0 aromatic carbocycles. The van der Waals surface area contributed by atoms with Crippen LogP contribution >= 0.6 is 0 Å². The molecular formula is C5H3N2NaO. The largest absolute Gasteiger partial charge is 1.00 e. The van der Waals surface area contributed by atoms with Gasteiger partial charge in [-0.25, -0.2) is 0 Å². The van der Waals surface area contributed by atoms with Crippen LogP contribution in [0.15, 0.2) is 18.6 Å². The van der Waals surface area contributed by atoms with Crippen LogP contribution in [0.3, 0.4) is 0 Å². The summed E-state index contributed by atoms with van der Waals surface area (Å²) in [5.74, 6) is 0. The van der Waals surface area contributed by atoms with Crippen LogP contribution in [0.4, 0.5) is 0 Å². The first-order valence-electron chi connectivity index (χ1n) is 2.07. The SMILES string of the molecule is O=[C-]c1cnccn1.[Na+]. The van der Waals surface area contributed by atoms with Crippen LogP contribution < -0.4 is 29.6 Å². The van der Waals surface area contributed by atoms with Crippen molar-refractivity contribution >= 4 is 6.29 Å². The van der Waals surface area contributed by atoms with E-state index in [1.807, 2.05) is 0 Å². The van der Waals surface area contributed by atoms with E-state index in [1.165, 1.54) is 18.6 Å². The number of hydrogen-bond donors (Lipinski definition) is 0. The fourth-order valence-electron chi connectivity index (χ4n) is 0.352. The van der Waals surface area contributed by atoms with Crippen molar-refractivity contribution in [3.05, 3.63) is 24.3 Å². The summed E-state index contributed by atoms with van der Waals surface area (Å²) >= 11 is 0. The zero-order chi connectivity index (χ0) is 5.82. The summed E-state index contributed by atoms with van der Waals surface area (Å²) in [6.07, 6.45) is 5.90. The molecule has 9 heavy (non-hydrogen) atoms. The average molecular weight is 130 g/mol. The van der Waals surface area contributed by atoms with E-state index in [4.69, 9.17) is 0 Å². The molecule has 0 atom stereocenters. The van der Waals surface area contributed by atoms with Gasteiger partial charge in [0.25, 0.3) is 0 Å². The molecule has 3 nitrogen and oxygen atoms in total. The minimum atomic E-state index is 0. The molecule has 0 bridgehead atoms. The first kappa shape index (κ1) is 8.75. The van der Waals surface area contributed by atoms with E-state index in [2.05, 4.69) is 9.97 Å². The van der Waals surface area contributed by atoms with E-state index < -0.39 is 0 Å². The smallest absolute Gasteiger partial charge is 0.417 e. The van der Waals surface area contributed by atoms with Crippen LogP contribution in [-0.4, -0.2) is 16.3 Å². The van der Waals surface area contributed by atoms with Crippen LogP contribution in [0.1, 0.15) is 5.69 Å². The monoisotopic (exact) mass is 130 g/mol. The van der Waals surface area contributed by atoms with Gasteiger partial charge < -0.3 is 9.78 Å². The first-order valence-corrected chi connectivity index (χ1v) is 2.07. The van der Waals surface area contributed by atoms with Crippen molar-refractivity contribution in [3.63, 3.8) is 0 Å². The van der Waals surface area contributed by atoms with Crippen LogP contribution in [-0.2, 0) is 4.79 Å². The molecule has 0 aliphatic carbocycles. The fraction of sp³-hybridized carbons (Fsp3) is 0. The Hall–Kier alpha value is -0.250. The van der Waals surface area contributed by atoms with Gasteiger partial charge in [0.05, 0.1) is 0 Å². The summed E-state index contributed by atoms with van der Waals surface area (Å²) in [4.78, 5) is 17.0. The molecule has 4 heteroatoms. The number of hydrogen-bond acceptors (Lipinski definition) is 3. The molecule has 0 N–H and O–H groups in total. The third kappa shape index (κ3) is 2.70. The second-order valence-corrected chi connectivity index (χ2v) is 1.19. The molecule has 0 unspecified atom stereocenters. The van der Waals surface area contributed by atoms with Crippen LogP contribution in [0.5, 0.6) is 0 Å². The molecule has 0 saturated heterocycles. The van der Waals surface area contributed by atoms with Crippen LogP contribution in [0, 0.1) is 0 Å². The van der Waals surface area contributed by atoms with Gasteiger partial charge in [0.1, 0.15) is 0 Å². The molecule has 0 saturated carbocycles. The van der Waals surface area contributed by atoms with Gasteiger partial charge in [-0.1, -0.05) is 6.20 Å². The van der Waals surface area contributed by atoms with E-state index in [9.17, 15) is 4.79 Å². The van der Waals surface area contributed by atoms with Gasteiger partial charge in [0, 0.05) is 18.7 Å². The van der Waals surface area contributed by atoms with Gasteiger partial charge in [0.15, 0.2) is 0 Å². The fourth-order valence-corrected chi connectivity index (χ4v) is 0.352.